The van der Waals surface area contributed by atoms with Crippen molar-refractivity contribution in [1.82, 2.24) is 0 Å². The number of carbonyl (C=O) groups excluding carboxylic acids is 1. The lowest BCUT2D eigenvalue weighted by atomic mass is 10.1. The van der Waals surface area contributed by atoms with Gasteiger partial charge in [0.15, 0.2) is 0 Å². The van der Waals surface area contributed by atoms with Gasteiger partial charge in [0.05, 0.1) is 0 Å². The fraction of sp³-hybridized carbons (Fsp3) is 0.278. The molecule has 3 rings (SSSR count). The minimum atomic E-state index is 0.142. The van der Waals surface area contributed by atoms with E-state index in [1.165, 1.54) is 5.56 Å². The Morgan fingerprint density at radius 2 is 2.00 bits per heavy atom. The molecule has 1 aliphatic heterocycles. The molecule has 1 aliphatic rings. The molecule has 2 aromatic rings. The van der Waals surface area contributed by atoms with E-state index in [0.29, 0.717) is 22.9 Å². The summed E-state index contributed by atoms with van der Waals surface area (Å²) in [5.74, 6) is 0.142. The lowest BCUT2D eigenvalue weighted by molar-refractivity contribution is -0.118. The van der Waals surface area contributed by atoms with E-state index in [1.54, 1.807) is 12.1 Å². The van der Waals surface area contributed by atoms with Gasteiger partial charge >= 0.3 is 0 Å². The number of amides is 1. The first-order valence-corrected chi connectivity index (χ1v) is 8.16. The van der Waals surface area contributed by atoms with Crippen LogP contribution in [0.5, 0.6) is 0 Å². The van der Waals surface area contributed by atoms with Gasteiger partial charge in [0.1, 0.15) is 0 Å². The second kappa shape index (κ2) is 6.31. The molecule has 0 aromatic heterocycles. The molecular formula is C18H17Cl2NO. The molecule has 0 N–H and O–H groups in total. The minimum Gasteiger partial charge on any atom is -0.309 e. The van der Waals surface area contributed by atoms with Crippen molar-refractivity contribution in [3.05, 3.63) is 63.6 Å². The van der Waals surface area contributed by atoms with Crippen molar-refractivity contribution in [2.24, 2.45) is 0 Å². The second-order valence-electron chi connectivity index (χ2n) is 5.68. The second-order valence-corrected chi connectivity index (χ2v) is 6.52. The quantitative estimate of drug-likeness (QED) is 0.781. The molecule has 0 fully saturated rings. The third-order valence-electron chi connectivity index (χ3n) is 4.10. The van der Waals surface area contributed by atoms with Crippen molar-refractivity contribution >= 4 is 34.8 Å². The van der Waals surface area contributed by atoms with E-state index in [-0.39, 0.29) is 11.9 Å². The number of halogens is 2. The highest BCUT2D eigenvalue weighted by Crippen LogP contribution is 2.32. The number of aryl methyl sites for hydroxylation is 1. The highest BCUT2D eigenvalue weighted by Gasteiger charge is 2.30. The molecule has 0 aliphatic carbocycles. The Morgan fingerprint density at radius 3 is 2.77 bits per heavy atom. The molecule has 2 nitrogen and oxygen atoms in total. The molecule has 0 radical (unpaired) electrons. The summed E-state index contributed by atoms with van der Waals surface area (Å²) in [6.07, 6.45) is 1.99. The first-order valence-electron chi connectivity index (χ1n) is 7.40. The Bertz CT molecular complexity index is 714. The first-order chi connectivity index (χ1) is 10.6. The molecule has 0 unspecified atom stereocenters. The van der Waals surface area contributed by atoms with Crippen molar-refractivity contribution < 1.29 is 4.79 Å². The van der Waals surface area contributed by atoms with E-state index >= 15 is 0 Å². The van der Waals surface area contributed by atoms with Gasteiger partial charge in [0, 0.05) is 28.2 Å². The molecule has 0 spiro atoms. The molecule has 0 saturated carbocycles. The van der Waals surface area contributed by atoms with Gasteiger partial charge in [-0.3, -0.25) is 4.79 Å². The summed E-state index contributed by atoms with van der Waals surface area (Å²) in [4.78, 5) is 14.5. The topological polar surface area (TPSA) is 20.3 Å². The largest absolute Gasteiger partial charge is 0.309 e. The van der Waals surface area contributed by atoms with E-state index in [0.717, 1.165) is 17.7 Å². The molecule has 4 heteroatoms. The fourth-order valence-electron chi connectivity index (χ4n) is 3.03. The fourth-order valence-corrected chi connectivity index (χ4v) is 3.54. The Hall–Kier alpha value is -1.51. The predicted molar refractivity (Wildman–Crippen MR) is 91.9 cm³/mol. The third kappa shape index (κ3) is 2.99. The molecule has 0 saturated heterocycles. The summed E-state index contributed by atoms with van der Waals surface area (Å²) in [5, 5.41) is 1.23. The zero-order chi connectivity index (χ0) is 15.7. The molecule has 114 valence electrons. The van der Waals surface area contributed by atoms with Crippen LogP contribution < -0.4 is 4.90 Å². The maximum Gasteiger partial charge on any atom is 0.227 e. The van der Waals surface area contributed by atoms with Crippen molar-refractivity contribution in [3.8, 4) is 0 Å². The van der Waals surface area contributed by atoms with Gasteiger partial charge in [-0.1, -0.05) is 47.5 Å². The molecule has 2 aromatic carbocycles. The Kier molecular flexibility index (Phi) is 4.42. The Morgan fingerprint density at radius 1 is 1.23 bits per heavy atom. The standard InChI is InChI=1S/C18H17Cl2NO/c1-12-10-14-4-2-3-5-17(14)21(12)18(22)9-7-13-6-8-15(19)11-16(13)20/h2-6,8,11-12H,7,9-10H2,1H3/t12-/m0/s1. The van der Waals surface area contributed by atoms with Crippen LogP contribution in [0.2, 0.25) is 10.0 Å². The summed E-state index contributed by atoms with van der Waals surface area (Å²) in [5.41, 5.74) is 3.25. The number of hydrogen-bond acceptors (Lipinski definition) is 1. The van der Waals surface area contributed by atoms with E-state index in [4.69, 9.17) is 23.2 Å². The smallest absolute Gasteiger partial charge is 0.227 e. The van der Waals surface area contributed by atoms with Crippen LogP contribution in [0.25, 0.3) is 0 Å². The molecule has 1 amide bonds. The number of anilines is 1. The van der Waals surface area contributed by atoms with Crippen molar-refractivity contribution in [2.75, 3.05) is 4.90 Å². The summed E-state index contributed by atoms with van der Waals surface area (Å²) in [6.45, 7) is 2.09. The highest BCUT2D eigenvalue weighted by molar-refractivity contribution is 6.35. The molecule has 22 heavy (non-hydrogen) atoms. The van der Waals surface area contributed by atoms with E-state index in [1.807, 2.05) is 29.2 Å². The minimum absolute atomic E-state index is 0.142. The number of para-hydroxylation sites is 1. The van der Waals surface area contributed by atoms with Gasteiger partial charge in [-0.15, -0.1) is 0 Å². The SMILES string of the molecule is C[C@H]1Cc2ccccc2N1C(=O)CCc1ccc(Cl)cc1Cl. The van der Waals surface area contributed by atoms with Crippen LogP contribution in [-0.4, -0.2) is 11.9 Å². The molecule has 1 heterocycles. The average molecular weight is 334 g/mol. The van der Waals surface area contributed by atoms with Gasteiger partial charge in [0.25, 0.3) is 0 Å². The van der Waals surface area contributed by atoms with Crippen LogP contribution in [0.1, 0.15) is 24.5 Å². The number of benzene rings is 2. The average Bonchev–Trinajstić information content (AvgIpc) is 2.82. The summed E-state index contributed by atoms with van der Waals surface area (Å²) in [7, 11) is 0. The summed E-state index contributed by atoms with van der Waals surface area (Å²) in [6, 6.07) is 13.7. The molecule has 0 bridgehead atoms. The van der Waals surface area contributed by atoms with Crippen molar-refractivity contribution in [2.45, 2.75) is 32.2 Å². The van der Waals surface area contributed by atoms with Gasteiger partial charge in [-0.05, 0) is 49.1 Å². The maximum atomic E-state index is 12.6. The number of fused-ring (bicyclic) bond motifs is 1. The zero-order valence-electron chi connectivity index (χ0n) is 12.4. The summed E-state index contributed by atoms with van der Waals surface area (Å²) < 4.78 is 0. The van der Waals surface area contributed by atoms with Crippen LogP contribution in [0, 0.1) is 0 Å². The summed E-state index contributed by atoms with van der Waals surface area (Å²) >= 11 is 12.1. The molecule has 1 atom stereocenters. The van der Waals surface area contributed by atoms with E-state index in [2.05, 4.69) is 13.0 Å². The van der Waals surface area contributed by atoms with E-state index < -0.39 is 0 Å². The number of nitrogens with zero attached hydrogens (tertiary/aromatic N) is 1. The maximum absolute atomic E-state index is 12.6. The zero-order valence-corrected chi connectivity index (χ0v) is 13.9. The van der Waals surface area contributed by atoms with Gasteiger partial charge in [-0.25, -0.2) is 0 Å². The van der Waals surface area contributed by atoms with Crippen LogP contribution in [0.3, 0.4) is 0 Å². The van der Waals surface area contributed by atoms with Crippen LogP contribution >= 0.6 is 23.2 Å². The third-order valence-corrected chi connectivity index (χ3v) is 4.69. The van der Waals surface area contributed by atoms with Gasteiger partial charge in [-0.2, -0.15) is 0 Å². The molecular weight excluding hydrogens is 317 g/mol. The normalized spacial score (nSPS) is 16.7. The highest BCUT2D eigenvalue weighted by atomic mass is 35.5. The van der Waals surface area contributed by atoms with Gasteiger partial charge < -0.3 is 4.90 Å². The van der Waals surface area contributed by atoms with Crippen molar-refractivity contribution in [3.63, 3.8) is 0 Å². The Balaban J connectivity index is 1.72. The number of hydrogen-bond donors (Lipinski definition) is 0. The monoisotopic (exact) mass is 333 g/mol. The lowest BCUT2D eigenvalue weighted by Crippen LogP contribution is -2.35. The number of rotatable bonds is 3. The van der Waals surface area contributed by atoms with E-state index in [9.17, 15) is 4.79 Å². The first kappa shape index (κ1) is 15.4. The van der Waals surface area contributed by atoms with Crippen LogP contribution in [-0.2, 0) is 17.6 Å². The van der Waals surface area contributed by atoms with Crippen LogP contribution in [0.15, 0.2) is 42.5 Å². The van der Waals surface area contributed by atoms with Crippen molar-refractivity contribution in [1.29, 1.82) is 0 Å². The van der Waals surface area contributed by atoms with Crippen LogP contribution in [0.4, 0.5) is 5.69 Å². The lowest BCUT2D eigenvalue weighted by Gasteiger charge is -2.23. The Labute approximate surface area is 140 Å². The number of carbonyl (C=O) groups is 1. The van der Waals surface area contributed by atoms with Gasteiger partial charge in [0.2, 0.25) is 5.91 Å². The predicted octanol–water partition coefficient (Wildman–Crippen LogP) is 4.90.